The van der Waals surface area contributed by atoms with Crippen molar-refractivity contribution in [1.29, 1.82) is 5.41 Å². The fraction of sp³-hybridized carbons (Fsp3) is 0.462. The average molecular weight is 392 g/mol. The topological polar surface area (TPSA) is 87.2 Å². The number of amidine groups is 1. The van der Waals surface area contributed by atoms with E-state index in [9.17, 15) is 8.42 Å². The maximum atomic E-state index is 12.3. The van der Waals surface area contributed by atoms with Gasteiger partial charge in [-0.05, 0) is 34.1 Å². The molecule has 0 saturated carbocycles. The molecule has 1 heterocycles. The first-order valence-electron chi connectivity index (χ1n) is 6.56. The van der Waals surface area contributed by atoms with Gasteiger partial charge >= 0.3 is 0 Å². The molecule has 0 radical (unpaired) electrons. The number of hydrogen-bond acceptors (Lipinski definition) is 5. The molecule has 0 aliphatic carbocycles. The molecule has 1 fully saturated rings. The van der Waals surface area contributed by atoms with Crippen LogP contribution in [0.5, 0.6) is 0 Å². The molecule has 0 bridgehead atoms. The number of sulfone groups is 1. The second-order valence-corrected chi connectivity index (χ2v) is 9.21. The summed E-state index contributed by atoms with van der Waals surface area (Å²) in [6, 6.07) is 5.34. The van der Waals surface area contributed by atoms with Crippen molar-refractivity contribution < 1.29 is 8.42 Å². The van der Waals surface area contributed by atoms with Gasteiger partial charge in [0.05, 0.1) is 5.69 Å². The first-order valence-corrected chi connectivity index (χ1v) is 10.2. The third-order valence-corrected chi connectivity index (χ3v) is 7.39. The minimum Gasteiger partial charge on any atom is -0.384 e. The predicted molar refractivity (Wildman–Crippen MR) is 93.1 cm³/mol. The number of nitrogen functional groups attached to an aromatic ring is 1. The van der Waals surface area contributed by atoms with Crippen molar-refractivity contribution in [3.63, 3.8) is 0 Å². The first-order chi connectivity index (χ1) is 9.86. The Hall–Kier alpha value is -0.730. The molecule has 0 amide bonds. The molecule has 21 heavy (non-hydrogen) atoms. The van der Waals surface area contributed by atoms with E-state index in [4.69, 9.17) is 11.1 Å². The normalized spacial score (nSPS) is 19.5. The number of rotatable bonds is 4. The van der Waals surface area contributed by atoms with E-state index in [2.05, 4.69) is 15.9 Å². The summed E-state index contributed by atoms with van der Waals surface area (Å²) in [7, 11) is -3.14. The zero-order chi connectivity index (χ0) is 15.6. The Kier molecular flexibility index (Phi) is 5.21. The molecular formula is C13H18BrN3O2S2. The van der Waals surface area contributed by atoms with Crippen LogP contribution >= 0.6 is 27.7 Å². The first kappa shape index (κ1) is 16.6. The molecule has 1 unspecified atom stereocenters. The maximum absolute atomic E-state index is 12.3. The molecule has 1 aromatic rings. The van der Waals surface area contributed by atoms with Crippen LogP contribution in [0.1, 0.15) is 12.5 Å². The fourth-order valence-electron chi connectivity index (χ4n) is 2.25. The number of hydrogen-bond donors (Lipinski definition) is 2. The highest BCUT2D eigenvalue weighted by Gasteiger charge is 2.33. The molecule has 116 valence electrons. The van der Waals surface area contributed by atoms with E-state index in [-0.39, 0.29) is 11.6 Å². The molecule has 1 saturated heterocycles. The van der Waals surface area contributed by atoms with Crippen molar-refractivity contribution >= 4 is 49.1 Å². The van der Waals surface area contributed by atoms with Gasteiger partial charge in [-0.2, -0.15) is 11.8 Å². The van der Waals surface area contributed by atoms with Crippen LogP contribution in [0.4, 0.5) is 5.69 Å². The van der Waals surface area contributed by atoms with Crippen LogP contribution in [0.3, 0.4) is 0 Å². The van der Waals surface area contributed by atoms with E-state index >= 15 is 0 Å². The Morgan fingerprint density at radius 3 is 2.86 bits per heavy atom. The smallest absolute Gasteiger partial charge is 0.171 e. The van der Waals surface area contributed by atoms with Crippen LogP contribution in [-0.2, 0) is 9.84 Å². The average Bonchev–Trinajstić information content (AvgIpc) is 2.47. The number of nitrogens with one attached hydrogen (secondary N) is 1. The van der Waals surface area contributed by atoms with Crippen LogP contribution in [-0.4, -0.2) is 43.4 Å². The van der Waals surface area contributed by atoms with E-state index in [0.29, 0.717) is 17.9 Å². The number of nitrogens with zero attached hydrogens (tertiary/aromatic N) is 1. The lowest BCUT2D eigenvalue weighted by Crippen LogP contribution is -2.48. The third-order valence-electron chi connectivity index (χ3n) is 3.47. The van der Waals surface area contributed by atoms with Gasteiger partial charge in [-0.3, -0.25) is 5.41 Å². The van der Waals surface area contributed by atoms with Crippen molar-refractivity contribution in [3.05, 3.63) is 28.2 Å². The molecule has 5 nitrogen and oxygen atoms in total. The van der Waals surface area contributed by atoms with Crippen LogP contribution < -0.4 is 10.6 Å². The maximum Gasteiger partial charge on any atom is 0.171 e. The quantitative estimate of drug-likeness (QED) is 0.605. The summed E-state index contributed by atoms with van der Waals surface area (Å²) in [5.41, 5.74) is 6.93. The number of anilines is 1. The van der Waals surface area contributed by atoms with Crippen LogP contribution in [0, 0.1) is 5.41 Å². The Balaban J connectivity index is 2.40. The number of benzene rings is 1. The highest BCUT2D eigenvalue weighted by molar-refractivity contribution is 9.10. The largest absolute Gasteiger partial charge is 0.384 e. The minimum absolute atomic E-state index is 0.00539. The second kappa shape index (κ2) is 6.58. The minimum atomic E-state index is -3.14. The van der Waals surface area contributed by atoms with Gasteiger partial charge in [-0.15, -0.1) is 0 Å². The predicted octanol–water partition coefficient (Wildman–Crippen LogP) is 2.05. The summed E-state index contributed by atoms with van der Waals surface area (Å²) in [5, 5.41) is 6.96. The zero-order valence-corrected chi connectivity index (χ0v) is 14.9. The van der Waals surface area contributed by atoms with Crippen LogP contribution in [0.25, 0.3) is 0 Å². The molecule has 1 aliphatic rings. The Morgan fingerprint density at radius 2 is 2.29 bits per heavy atom. The molecule has 1 atom stereocenters. The summed E-state index contributed by atoms with van der Waals surface area (Å²) in [6.45, 7) is 2.37. The van der Waals surface area contributed by atoms with Crippen molar-refractivity contribution in [2.24, 2.45) is 5.73 Å². The lowest BCUT2D eigenvalue weighted by atomic mass is 10.2. The summed E-state index contributed by atoms with van der Waals surface area (Å²) >= 11 is 5.14. The van der Waals surface area contributed by atoms with E-state index in [1.54, 1.807) is 30.8 Å². The second-order valence-electron chi connectivity index (χ2n) is 4.75. The Bertz CT molecular complexity index is 649. The van der Waals surface area contributed by atoms with Gasteiger partial charge in [0.15, 0.2) is 9.84 Å². The van der Waals surface area contributed by atoms with Gasteiger partial charge in [-0.25, -0.2) is 8.42 Å². The summed E-state index contributed by atoms with van der Waals surface area (Å²) < 4.78 is 25.4. The fourth-order valence-corrected chi connectivity index (χ4v) is 5.84. The van der Waals surface area contributed by atoms with Gasteiger partial charge in [0.1, 0.15) is 11.2 Å². The van der Waals surface area contributed by atoms with Gasteiger partial charge in [0, 0.05) is 33.8 Å². The Labute approximate surface area is 137 Å². The Morgan fingerprint density at radius 1 is 1.57 bits per heavy atom. The number of nitrogens with two attached hydrogens (primary N) is 1. The van der Waals surface area contributed by atoms with Crippen molar-refractivity contribution in [1.82, 2.24) is 0 Å². The lowest BCUT2D eigenvalue weighted by Gasteiger charge is -2.37. The molecule has 1 aliphatic heterocycles. The molecule has 0 aromatic heterocycles. The van der Waals surface area contributed by atoms with Crippen molar-refractivity contribution in [3.8, 4) is 0 Å². The van der Waals surface area contributed by atoms with Crippen LogP contribution in [0.2, 0.25) is 0 Å². The molecule has 1 aromatic carbocycles. The number of halogens is 1. The van der Waals surface area contributed by atoms with Gasteiger partial charge in [0.2, 0.25) is 0 Å². The van der Waals surface area contributed by atoms with E-state index in [1.165, 1.54) is 0 Å². The van der Waals surface area contributed by atoms with Gasteiger partial charge < -0.3 is 10.6 Å². The zero-order valence-electron chi connectivity index (χ0n) is 11.7. The van der Waals surface area contributed by atoms with Crippen LogP contribution in [0.15, 0.2) is 22.7 Å². The van der Waals surface area contributed by atoms with E-state index in [1.807, 2.05) is 11.0 Å². The van der Waals surface area contributed by atoms with Gasteiger partial charge in [-0.1, -0.05) is 6.92 Å². The monoisotopic (exact) mass is 391 g/mol. The summed E-state index contributed by atoms with van der Waals surface area (Å²) in [4.78, 5) is 1.93. The molecule has 2 rings (SSSR count). The number of thioether (sulfide) groups is 1. The van der Waals surface area contributed by atoms with E-state index < -0.39 is 15.2 Å². The molecule has 8 heteroatoms. The van der Waals surface area contributed by atoms with Crippen molar-refractivity contribution in [2.75, 3.05) is 28.7 Å². The molecule has 3 N–H and O–H groups in total. The van der Waals surface area contributed by atoms with Crippen molar-refractivity contribution in [2.45, 2.75) is 12.3 Å². The standard InChI is InChI=1S/C13H18BrN3O2S2/c1-2-21(18,19)12-8-20-6-5-17(12)11-4-3-9(13(15)16)7-10(11)14/h3-4,7,12H,2,5-6,8H2,1H3,(H3,15,16). The summed E-state index contributed by atoms with van der Waals surface area (Å²) in [6.07, 6.45) is 0. The lowest BCUT2D eigenvalue weighted by molar-refractivity contribution is 0.579. The highest BCUT2D eigenvalue weighted by atomic mass is 79.9. The molecule has 0 spiro atoms. The third kappa shape index (κ3) is 3.54. The summed E-state index contributed by atoms with van der Waals surface area (Å²) in [5.74, 6) is 1.61. The molecular weight excluding hydrogens is 374 g/mol. The highest BCUT2D eigenvalue weighted by Crippen LogP contribution is 2.33. The van der Waals surface area contributed by atoms with E-state index in [0.717, 1.165) is 15.9 Å². The van der Waals surface area contributed by atoms with Gasteiger partial charge in [0.25, 0.3) is 0 Å². The SMILES string of the molecule is CCS(=O)(=O)C1CSCCN1c1ccc(C(=N)N)cc1Br.